The van der Waals surface area contributed by atoms with Gasteiger partial charge in [-0.05, 0) is 43.6 Å². The van der Waals surface area contributed by atoms with Gasteiger partial charge in [-0.1, -0.05) is 0 Å². The smallest absolute Gasteiger partial charge is 0.270 e. The molecule has 9 heteroatoms. The number of alkyl halides is 1. The van der Waals surface area contributed by atoms with Gasteiger partial charge in [0.15, 0.2) is 0 Å². The highest BCUT2D eigenvalue weighted by molar-refractivity contribution is 5.95. The first-order valence-corrected chi connectivity index (χ1v) is 8.74. The zero-order valence-corrected chi connectivity index (χ0v) is 14.8. The molecule has 4 N–H and O–H groups in total. The van der Waals surface area contributed by atoms with E-state index in [1.165, 1.54) is 18.3 Å². The van der Waals surface area contributed by atoms with E-state index in [2.05, 4.69) is 20.6 Å². The zero-order valence-electron chi connectivity index (χ0n) is 14.8. The summed E-state index contributed by atoms with van der Waals surface area (Å²) in [5.41, 5.74) is 6.42. The fourth-order valence-electron chi connectivity index (χ4n) is 2.87. The fourth-order valence-corrected chi connectivity index (χ4v) is 2.87. The van der Waals surface area contributed by atoms with Crippen LogP contribution in [0.15, 0.2) is 35.8 Å². The maximum Gasteiger partial charge on any atom is 0.270 e. The second kappa shape index (κ2) is 7.91. The van der Waals surface area contributed by atoms with Crippen LogP contribution in [0.3, 0.4) is 0 Å². The summed E-state index contributed by atoms with van der Waals surface area (Å²) in [6.45, 7) is 0.844. The Labute approximate surface area is 155 Å². The van der Waals surface area contributed by atoms with Crippen molar-refractivity contribution in [3.63, 3.8) is 0 Å². The number of allylic oxidation sites excluding steroid dienone is 2. The molecule has 2 amide bonds. The summed E-state index contributed by atoms with van der Waals surface area (Å²) < 4.78 is 26.7. The summed E-state index contributed by atoms with van der Waals surface area (Å²) in [6, 6.07) is 0.0403. The Morgan fingerprint density at radius 3 is 2.81 bits per heavy atom. The molecule has 3 atom stereocenters. The summed E-state index contributed by atoms with van der Waals surface area (Å²) in [6.07, 6.45) is 5.39. The molecule has 0 saturated heterocycles. The number of aromatic nitrogens is 2. The van der Waals surface area contributed by atoms with E-state index in [0.717, 1.165) is 18.9 Å². The van der Waals surface area contributed by atoms with Crippen LogP contribution in [0, 0.1) is 11.8 Å². The molecule has 3 unspecified atom stereocenters. The minimum atomic E-state index is -0.789. The van der Waals surface area contributed by atoms with Gasteiger partial charge in [-0.3, -0.25) is 19.3 Å². The maximum absolute atomic E-state index is 13.7. The number of hydrogen-bond donors (Lipinski definition) is 3. The number of anilines is 1. The van der Waals surface area contributed by atoms with Crippen molar-refractivity contribution in [2.45, 2.75) is 31.8 Å². The van der Waals surface area contributed by atoms with Crippen molar-refractivity contribution < 1.29 is 18.4 Å². The van der Waals surface area contributed by atoms with E-state index < -0.39 is 36.4 Å². The Hall–Kier alpha value is -2.68. The predicted molar refractivity (Wildman–Crippen MR) is 95.0 cm³/mol. The van der Waals surface area contributed by atoms with Crippen molar-refractivity contribution in [2.24, 2.45) is 17.6 Å². The van der Waals surface area contributed by atoms with Gasteiger partial charge in [-0.25, -0.2) is 14.4 Å². The quantitative estimate of drug-likeness (QED) is 0.698. The molecule has 0 radical (unpaired) electrons. The second-order valence-electron chi connectivity index (χ2n) is 6.76. The van der Waals surface area contributed by atoms with Gasteiger partial charge in [0.05, 0.1) is 6.67 Å². The lowest BCUT2D eigenvalue weighted by molar-refractivity contribution is -0.117. The van der Waals surface area contributed by atoms with E-state index in [4.69, 9.17) is 5.73 Å². The number of nitrogens with zero attached hydrogens (tertiary/aromatic N) is 2. The predicted octanol–water partition coefficient (Wildman–Crippen LogP) is 1.65. The van der Waals surface area contributed by atoms with Crippen LogP contribution in [0.5, 0.6) is 0 Å². The van der Waals surface area contributed by atoms with Gasteiger partial charge in [0, 0.05) is 30.1 Å². The molecule has 1 aromatic heterocycles. The lowest BCUT2D eigenvalue weighted by Gasteiger charge is -2.29. The van der Waals surface area contributed by atoms with Crippen LogP contribution >= 0.6 is 0 Å². The molecular formula is C18H21F2N5O2. The SMILES string of the molecule is CC(NC(=O)c1ccnc(NC(=O)C2CC2)n1)C1=CC(F)=CC(CF)C1N. The average Bonchev–Trinajstić information content (AvgIpc) is 3.48. The van der Waals surface area contributed by atoms with Crippen LogP contribution in [-0.4, -0.2) is 40.5 Å². The van der Waals surface area contributed by atoms with E-state index in [1.54, 1.807) is 6.92 Å². The van der Waals surface area contributed by atoms with Crippen LogP contribution < -0.4 is 16.4 Å². The van der Waals surface area contributed by atoms with E-state index >= 15 is 0 Å². The second-order valence-corrected chi connectivity index (χ2v) is 6.76. The van der Waals surface area contributed by atoms with E-state index in [9.17, 15) is 18.4 Å². The minimum absolute atomic E-state index is 0.0165. The standard InChI is InChI=1S/C18H21F2N5O2/c1-9(13-7-12(20)6-11(8-19)15(13)21)23-17(27)14-4-5-22-18(24-14)25-16(26)10-2-3-10/h4-7,9-11,15H,2-3,8,21H2,1H3,(H,23,27)(H,22,24,25,26). The molecule has 27 heavy (non-hydrogen) atoms. The molecule has 0 aromatic carbocycles. The molecule has 1 heterocycles. The van der Waals surface area contributed by atoms with Crippen molar-refractivity contribution in [1.29, 1.82) is 0 Å². The van der Waals surface area contributed by atoms with Gasteiger partial charge in [0.1, 0.15) is 11.5 Å². The average molecular weight is 377 g/mol. The van der Waals surface area contributed by atoms with E-state index in [1.807, 2.05) is 0 Å². The Balaban J connectivity index is 1.67. The number of carbonyl (C=O) groups is 2. The zero-order chi connectivity index (χ0) is 19.6. The van der Waals surface area contributed by atoms with Crippen LogP contribution in [0.1, 0.15) is 30.3 Å². The molecular weight excluding hydrogens is 356 g/mol. The molecule has 0 bridgehead atoms. The Morgan fingerprint density at radius 1 is 1.41 bits per heavy atom. The van der Waals surface area contributed by atoms with Crippen LogP contribution in [-0.2, 0) is 4.79 Å². The highest BCUT2D eigenvalue weighted by Crippen LogP contribution is 2.29. The fraction of sp³-hybridized carbons (Fsp3) is 0.444. The molecule has 144 valence electrons. The van der Waals surface area contributed by atoms with Gasteiger partial charge in [-0.2, -0.15) is 0 Å². The molecule has 0 spiro atoms. The molecule has 1 fully saturated rings. The number of amides is 2. The van der Waals surface area contributed by atoms with Crippen molar-refractivity contribution >= 4 is 17.8 Å². The lowest BCUT2D eigenvalue weighted by atomic mass is 9.86. The summed E-state index contributed by atoms with van der Waals surface area (Å²) in [5, 5.41) is 5.24. The molecule has 1 aromatic rings. The van der Waals surface area contributed by atoms with Crippen molar-refractivity contribution in [1.82, 2.24) is 15.3 Å². The van der Waals surface area contributed by atoms with Gasteiger partial charge < -0.3 is 11.1 Å². The normalized spacial score (nSPS) is 23.1. The molecule has 0 aliphatic heterocycles. The first-order valence-electron chi connectivity index (χ1n) is 8.74. The van der Waals surface area contributed by atoms with Crippen LogP contribution in [0.2, 0.25) is 0 Å². The van der Waals surface area contributed by atoms with E-state index in [-0.39, 0.29) is 23.5 Å². The number of hydrogen-bond acceptors (Lipinski definition) is 5. The maximum atomic E-state index is 13.7. The number of rotatable bonds is 6. The number of halogens is 2. The van der Waals surface area contributed by atoms with Crippen LogP contribution in [0.25, 0.3) is 0 Å². The van der Waals surface area contributed by atoms with E-state index in [0.29, 0.717) is 5.57 Å². The number of carbonyl (C=O) groups excluding carboxylic acids is 2. The molecule has 2 aliphatic rings. The van der Waals surface area contributed by atoms with Crippen LogP contribution in [0.4, 0.5) is 14.7 Å². The van der Waals surface area contributed by atoms with Gasteiger partial charge in [-0.15, -0.1) is 0 Å². The van der Waals surface area contributed by atoms with Crippen molar-refractivity contribution in [3.8, 4) is 0 Å². The number of nitrogens with one attached hydrogen (secondary N) is 2. The van der Waals surface area contributed by atoms with Gasteiger partial charge in [0.2, 0.25) is 11.9 Å². The molecule has 3 rings (SSSR count). The highest BCUT2D eigenvalue weighted by Gasteiger charge is 2.31. The molecule has 7 nitrogen and oxygen atoms in total. The minimum Gasteiger partial charge on any atom is -0.344 e. The Bertz CT molecular complexity index is 807. The largest absolute Gasteiger partial charge is 0.344 e. The third kappa shape index (κ3) is 4.54. The van der Waals surface area contributed by atoms with Crippen molar-refractivity contribution in [3.05, 3.63) is 41.5 Å². The topological polar surface area (TPSA) is 110 Å². The van der Waals surface area contributed by atoms with Gasteiger partial charge in [0.25, 0.3) is 5.91 Å². The molecule has 1 saturated carbocycles. The lowest BCUT2D eigenvalue weighted by Crippen LogP contribution is -2.44. The first-order chi connectivity index (χ1) is 12.9. The third-order valence-electron chi connectivity index (χ3n) is 4.62. The third-order valence-corrected chi connectivity index (χ3v) is 4.62. The van der Waals surface area contributed by atoms with Crippen molar-refractivity contribution in [2.75, 3.05) is 12.0 Å². The monoisotopic (exact) mass is 377 g/mol. The number of nitrogens with two attached hydrogens (primary N) is 1. The highest BCUT2D eigenvalue weighted by atomic mass is 19.1. The summed E-state index contributed by atoms with van der Waals surface area (Å²) in [5.74, 6) is -2.02. The van der Waals surface area contributed by atoms with Gasteiger partial charge >= 0.3 is 0 Å². The Morgan fingerprint density at radius 2 is 2.15 bits per heavy atom. The molecule has 2 aliphatic carbocycles. The summed E-state index contributed by atoms with van der Waals surface area (Å²) in [7, 11) is 0. The summed E-state index contributed by atoms with van der Waals surface area (Å²) in [4.78, 5) is 32.2. The first kappa shape index (κ1) is 19.1. The Kier molecular flexibility index (Phi) is 5.59. The summed E-state index contributed by atoms with van der Waals surface area (Å²) >= 11 is 0.